The highest BCUT2D eigenvalue weighted by molar-refractivity contribution is 7.59. The molecule has 0 aliphatic heterocycles. The highest BCUT2D eigenvalue weighted by Crippen LogP contribution is 2.67. The lowest BCUT2D eigenvalue weighted by atomic mass is 10.1. The van der Waals surface area contributed by atoms with Crippen molar-refractivity contribution in [3.8, 4) is 0 Å². The maximum absolute atomic E-state index is 14.9. The van der Waals surface area contributed by atoms with Gasteiger partial charge in [-0.3, -0.25) is 14.2 Å². The minimum atomic E-state index is -5.33. The van der Waals surface area contributed by atoms with Crippen molar-refractivity contribution in [2.75, 3.05) is 12.8 Å². The molecule has 0 spiro atoms. The molecule has 2 atom stereocenters. The number of halogens is 5. The molecule has 1 rings (SSSR count). The molecule has 158 valence electrons. The van der Waals surface area contributed by atoms with Gasteiger partial charge in [-0.25, -0.2) is 13.2 Å². The van der Waals surface area contributed by atoms with Crippen molar-refractivity contribution in [2.45, 2.75) is 31.8 Å². The van der Waals surface area contributed by atoms with E-state index in [9.17, 15) is 36.1 Å². The summed E-state index contributed by atoms with van der Waals surface area (Å²) in [5.41, 5.74) is -6.43. The van der Waals surface area contributed by atoms with Crippen LogP contribution in [0.25, 0.3) is 0 Å². The third-order valence-electron chi connectivity index (χ3n) is 3.81. The molecule has 0 radical (unpaired) electrons. The van der Waals surface area contributed by atoms with E-state index in [-0.39, 0.29) is 18.6 Å². The van der Waals surface area contributed by atoms with E-state index < -0.39 is 79.5 Å². The van der Waals surface area contributed by atoms with Crippen LogP contribution < -0.4 is 0 Å². The first kappa shape index (κ1) is 24.0. The van der Waals surface area contributed by atoms with E-state index in [1.54, 1.807) is 0 Å². The van der Waals surface area contributed by atoms with Crippen molar-refractivity contribution < 1.29 is 50.8 Å². The standard InChI is InChI=1S/C16H18F5O6P/c1-2-7-27-28(26,8-9(15(24)25)3-6-12(22)23)16(20,21)10-4-5-11(17)14(19)13(10)18/h4-5,9H,2-3,6-8H2,1H3,(H,22,23)(H,24,25). The Kier molecular flexibility index (Phi) is 8.13. The quantitative estimate of drug-likeness (QED) is 0.305. The Morgan fingerprint density at radius 1 is 1.18 bits per heavy atom. The molecule has 0 aliphatic rings. The molecule has 1 aromatic rings. The van der Waals surface area contributed by atoms with Gasteiger partial charge in [-0.05, 0) is 25.0 Å². The first-order valence-electron chi connectivity index (χ1n) is 8.07. The van der Waals surface area contributed by atoms with Crippen LogP contribution in [0.15, 0.2) is 12.1 Å². The fourth-order valence-corrected chi connectivity index (χ4v) is 4.74. The number of aliphatic carboxylic acids is 2. The molecule has 0 saturated carbocycles. The fourth-order valence-electron chi connectivity index (χ4n) is 2.31. The van der Waals surface area contributed by atoms with E-state index in [2.05, 4.69) is 0 Å². The monoisotopic (exact) mass is 432 g/mol. The zero-order valence-corrected chi connectivity index (χ0v) is 15.5. The van der Waals surface area contributed by atoms with Crippen molar-refractivity contribution in [3.63, 3.8) is 0 Å². The molecule has 0 aromatic heterocycles. The molecule has 2 N–H and O–H groups in total. The number of carboxylic acids is 2. The van der Waals surface area contributed by atoms with Gasteiger partial charge in [-0.15, -0.1) is 0 Å². The maximum Gasteiger partial charge on any atom is 0.349 e. The second kappa shape index (κ2) is 9.47. The van der Waals surface area contributed by atoms with E-state index in [1.807, 2.05) is 0 Å². The zero-order chi connectivity index (χ0) is 21.7. The summed E-state index contributed by atoms with van der Waals surface area (Å²) in [5.74, 6) is -11.1. The van der Waals surface area contributed by atoms with Gasteiger partial charge in [0, 0.05) is 12.6 Å². The largest absolute Gasteiger partial charge is 0.481 e. The minimum absolute atomic E-state index is 0.0905. The van der Waals surface area contributed by atoms with Crippen molar-refractivity contribution in [3.05, 3.63) is 35.1 Å². The molecule has 0 heterocycles. The molecular formula is C16H18F5O6P. The number of carboxylic acid groups (broad SMARTS) is 2. The number of hydrogen-bond acceptors (Lipinski definition) is 4. The molecule has 0 bridgehead atoms. The zero-order valence-electron chi connectivity index (χ0n) is 14.6. The highest BCUT2D eigenvalue weighted by atomic mass is 31.2. The third kappa shape index (κ3) is 5.29. The summed E-state index contributed by atoms with van der Waals surface area (Å²) in [6.07, 6.45) is -2.58. The van der Waals surface area contributed by atoms with Crippen LogP contribution >= 0.6 is 7.37 Å². The topological polar surface area (TPSA) is 101 Å². The Morgan fingerprint density at radius 2 is 1.79 bits per heavy atom. The van der Waals surface area contributed by atoms with Gasteiger partial charge in [0.05, 0.1) is 18.1 Å². The van der Waals surface area contributed by atoms with E-state index in [0.29, 0.717) is 0 Å². The average molecular weight is 432 g/mol. The van der Waals surface area contributed by atoms with Gasteiger partial charge in [0.1, 0.15) is 0 Å². The van der Waals surface area contributed by atoms with E-state index in [1.165, 1.54) is 6.92 Å². The second-order valence-electron chi connectivity index (χ2n) is 5.92. The summed E-state index contributed by atoms with van der Waals surface area (Å²) < 4.78 is 87.8. The van der Waals surface area contributed by atoms with E-state index in [4.69, 9.17) is 14.7 Å². The Morgan fingerprint density at radius 3 is 2.29 bits per heavy atom. The van der Waals surface area contributed by atoms with Gasteiger partial charge in [0.2, 0.25) is 0 Å². The number of alkyl halides is 2. The SMILES string of the molecule is CCCOP(=O)(CC(CCC(=O)O)C(=O)O)C(F)(F)c1ccc(F)c(F)c1F. The Bertz CT molecular complexity index is 785. The van der Waals surface area contributed by atoms with Crippen LogP contribution in [0.4, 0.5) is 22.0 Å². The Balaban J connectivity index is 3.40. The van der Waals surface area contributed by atoms with Gasteiger partial charge in [-0.2, -0.15) is 8.78 Å². The van der Waals surface area contributed by atoms with Crippen LogP contribution in [0.3, 0.4) is 0 Å². The lowest BCUT2D eigenvalue weighted by molar-refractivity contribution is -0.142. The van der Waals surface area contributed by atoms with Crippen LogP contribution in [0, 0.1) is 23.4 Å². The van der Waals surface area contributed by atoms with Gasteiger partial charge < -0.3 is 14.7 Å². The van der Waals surface area contributed by atoms with Crippen molar-refractivity contribution in [1.82, 2.24) is 0 Å². The summed E-state index contributed by atoms with van der Waals surface area (Å²) in [6, 6.07) is 0.410. The lowest BCUT2D eigenvalue weighted by Gasteiger charge is -2.29. The predicted octanol–water partition coefficient (Wildman–Crippen LogP) is 4.42. The molecule has 28 heavy (non-hydrogen) atoms. The molecule has 12 heteroatoms. The highest BCUT2D eigenvalue weighted by Gasteiger charge is 2.56. The van der Waals surface area contributed by atoms with Crippen molar-refractivity contribution in [1.29, 1.82) is 0 Å². The lowest BCUT2D eigenvalue weighted by Crippen LogP contribution is -2.27. The number of hydrogen-bond donors (Lipinski definition) is 2. The Labute approximate surface area is 156 Å². The summed E-state index contributed by atoms with van der Waals surface area (Å²) in [5, 5.41) is 17.8. The number of benzene rings is 1. The normalized spacial score (nSPS) is 15.1. The van der Waals surface area contributed by atoms with Gasteiger partial charge in [0.25, 0.3) is 7.37 Å². The maximum atomic E-state index is 14.9. The molecule has 1 aromatic carbocycles. The van der Waals surface area contributed by atoms with Crippen LogP contribution in [0.5, 0.6) is 0 Å². The second-order valence-corrected chi connectivity index (χ2v) is 8.45. The van der Waals surface area contributed by atoms with Gasteiger partial charge in [-0.1, -0.05) is 6.92 Å². The van der Waals surface area contributed by atoms with E-state index >= 15 is 0 Å². The summed E-state index contributed by atoms with van der Waals surface area (Å²) in [6.45, 7) is 0.961. The van der Waals surface area contributed by atoms with Crippen LogP contribution in [0.2, 0.25) is 0 Å². The third-order valence-corrected chi connectivity index (χ3v) is 6.43. The molecule has 0 aliphatic carbocycles. The number of carbonyl (C=O) groups is 2. The first-order valence-corrected chi connectivity index (χ1v) is 9.88. The number of rotatable bonds is 11. The average Bonchev–Trinajstić information content (AvgIpc) is 2.60. The Hall–Kier alpha value is -2.00. The van der Waals surface area contributed by atoms with Crippen LogP contribution in [-0.2, 0) is 24.3 Å². The summed E-state index contributed by atoms with van der Waals surface area (Å²) in [7, 11) is -5.33. The van der Waals surface area contributed by atoms with Crippen LogP contribution in [-0.4, -0.2) is 34.9 Å². The van der Waals surface area contributed by atoms with Crippen molar-refractivity contribution in [2.24, 2.45) is 5.92 Å². The van der Waals surface area contributed by atoms with Crippen LogP contribution in [0.1, 0.15) is 31.7 Å². The van der Waals surface area contributed by atoms with Crippen molar-refractivity contribution >= 4 is 19.3 Å². The molecule has 0 amide bonds. The molecule has 0 fully saturated rings. The van der Waals surface area contributed by atoms with Gasteiger partial charge in [0.15, 0.2) is 17.5 Å². The molecule has 0 saturated heterocycles. The smallest absolute Gasteiger partial charge is 0.349 e. The summed E-state index contributed by atoms with van der Waals surface area (Å²) >= 11 is 0. The predicted molar refractivity (Wildman–Crippen MR) is 86.9 cm³/mol. The minimum Gasteiger partial charge on any atom is -0.481 e. The van der Waals surface area contributed by atoms with E-state index in [0.717, 1.165) is 0 Å². The molecule has 2 unspecified atom stereocenters. The summed E-state index contributed by atoms with van der Waals surface area (Å²) in [4.78, 5) is 21.9. The first-order chi connectivity index (χ1) is 12.9. The fraction of sp³-hybridized carbons (Fsp3) is 0.500. The molecular weight excluding hydrogens is 414 g/mol. The van der Waals surface area contributed by atoms with Gasteiger partial charge >= 0.3 is 17.6 Å². The molecule has 6 nitrogen and oxygen atoms in total.